The number of nitrogens with zero attached hydrogens (tertiary/aromatic N) is 2. The number of rotatable bonds is 3. The van der Waals surface area contributed by atoms with Crippen LogP contribution in [0.15, 0.2) is 36.7 Å². The second kappa shape index (κ2) is 4.86. The van der Waals surface area contributed by atoms with Crippen LogP contribution in [0.5, 0.6) is 0 Å². The molecule has 3 heteroatoms. The Balaban J connectivity index is 2.34. The van der Waals surface area contributed by atoms with Gasteiger partial charge in [-0.15, -0.1) is 0 Å². The van der Waals surface area contributed by atoms with Crippen molar-refractivity contribution in [2.45, 2.75) is 19.9 Å². The molecule has 0 amide bonds. The summed E-state index contributed by atoms with van der Waals surface area (Å²) in [4.78, 5) is 8.33. The van der Waals surface area contributed by atoms with Gasteiger partial charge in [-0.05, 0) is 18.1 Å². The monoisotopic (exact) mass is 213 g/mol. The van der Waals surface area contributed by atoms with Crippen molar-refractivity contribution in [2.24, 2.45) is 5.73 Å². The topological polar surface area (TPSA) is 51.8 Å². The molecular weight excluding hydrogens is 198 g/mol. The molecule has 0 fully saturated rings. The average molecular weight is 213 g/mol. The lowest BCUT2D eigenvalue weighted by molar-refractivity contribution is 0.966. The Kier molecular flexibility index (Phi) is 3.27. The zero-order chi connectivity index (χ0) is 11.4. The number of aryl methyl sites for hydroxylation is 1. The van der Waals surface area contributed by atoms with Crippen LogP contribution in [0.2, 0.25) is 0 Å². The van der Waals surface area contributed by atoms with E-state index in [1.807, 2.05) is 6.07 Å². The van der Waals surface area contributed by atoms with Gasteiger partial charge in [0, 0.05) is 12.1 Å². The number of aromatic nitrogens is 2. The summed E-state index contributed by atoms with van der Waals surface area (Å²) in [6.07, 6.45) is 2.61. The molecule has 0 aliphatic rings. The molecule has 3 nitrogen and oxygen atoms in total. The van der Waals surface area contributed by atoms with Gasteiger partial charge in [0.15, 0.2) is 0 Å². The molecule has 0 aliphatic heterocycles. The number of hydrogen-bond acceptors (Lipinski definition) is 3. The first-order valence-electron chi connectivity index (χ1n) is 5.43. The second-order valence-corrected chi connectivity index (χ2v) is 3.65. The van der Waals surface area contributed by atoms with Crippen molar-refractivity contribution >= 4 is 0 Å². The molecule has 0 spiro atoms. The molecule has 0 radical (unpaired) electrons. The van der Waals surface area contributed by atoms with Crippen molar-refractivity contribution in [1.29, 1.82) is 0 Å². The van der Waals surface area contributed by atoms with E-state index < -0.39 is 0 Å². The third-order valence-electron chi connectivity index (χ3n) is 2.59. The Morgan fingerprint density at radius 3 is 2.50 bits per heavy atom. The van der Waals surface area contributed by atoms with Crippen molar-refractivity contribution in [3.63, 3.8) is 0 Å². The maximum atomic E-state index is 5.55. The van der Waals surface area contributed by atoms with E-state index in [2.05, 4.69) is 41.2 Å². The van der Waals surface area contributed by atoms with E-state index in [0.717, 1.165) is 23.4 Å². The van der Waals surface area contributed by atoms with E-state index in [-0.39, 0.29) is 0 Å². The highest BCUT2D eigenvalue weighted by atomic mass is 14.8. The van der Waals surface area contributed by atoms with E-state index in [4.69, 9.17) is 5.73 Å². The first-order chi connectivity index (χ1) is 7.83. The molecule has 16 heavy (non-hydrogen) atoms. The highest BCUT2D eigenvalue weighted by Crippen LogP contribution is 2.17. The van der Waals surface area contributed by atoms with E-state index in [9.17, 15) is 0 Å². The summed E-state index contributed by atoms with van der Waals surface area (Å²) in [6, 6.07) is 10.4. The van der Waals surface area contributed by atoms with Gasteiger partial charge in [-0.3, -0.25) is 0 Å². The van der Waals surface area contributed by atoms with Crippen molar-refractivity contribution < 1.29 is 0 Å². The van der Waals surface area contributed by atoms with Crippen LogP contribution in [0.4, 0.5) is 0 Å². The van der Waals surface area contributed by atoms with Gasteiger partial charge in [0.05, 0.1) is 11.4 Å². The van der Waals surface area contributed by atoms with Crippen LogP contribution in [-0.2, 0) is 13.0 Å². The maximum Gasteiger partial charge on any atom is 0.116 e. The first kappa shape index (κ1) is 10.8. The van der Waals surface area contributed by atoms with Crippen LogP contribution in [0.25, 0.3) is 11.3 Å². The lowest BCUT2D eigenvalue weighted by atomic mass is 10.1. The van der Waals surface area contributed by atoms with Crippen molar-refractivity contribution in [1.82, 2.24) is 9.97 Å². The Morgan fingerprint density at radius 2 is 1.88 bits per heavy atom. The molecule has 2 N–H and O–H groups in total. The molecule has 2 rings (SSSR count). The van der Waals surface area contributed by atoms with Gasteiger partial charge in [-0.1, -0.05) is 31.2 Å². The molecule has 2 aromatic rings. The van der Waals surface area contributed by atoms with E-state index in [0.29, 0.717) is 6.54 Å². The zero-order valence-corrected chi connectivity index (χ0v) is 9.35. The second-order valence-electron chi connectivity index (χ2n) is 3.65. The smallest absolute Gasteiger partial charge is 0.116 e. The molecule has 1 aromatic carbocycles. The summed E-state index contributed by atoms with van der Waals surface area (Å²) in [5.41, 5.74) is 9.78. The molecule has 0 atom stereocenters. The number of nitrogens with two attached hydrogens (primary N) is 1. The summed E-state index contributed by atoms with van der Waals surface area (Å²) in [6.45, 7) is 2.59. The molecule has 0 bridgehead atoms. The standard InChI is InChI=1S/C13H15N3/c1-2-10-3-5-11(6-4-10)13-7-12(8-14)15-9-16-13/h3-7,9H,2,8,14H2,1H3. The number of hydrogen-bond donors (Lipinski definition) is 1. The van der Waals surface area contributed by atoms with Crippen molar-refractivity contribution in [3.8, 4) is 11.3 Å². The Bertz CT molecular complexity index is 463. The van der Waals surface area contributed by atoms with Crippen LogP contribution >= 0.6 is 0 Å². The van der Waals surface area contributed by atoms with Crippen LogP contribution in [0, 0.1) is 0 Å². The van der Waals surface area contributed by atoms with Crippen LogP contribution in [0.1, 0.15) is 18.2 Å². The number of benzene rings is 1. The molecule has 0 unspecified atom stereocenters. The van der Waals surface area contributed by atoms with Crippen molar-refractivity contribution in [3.05, 3.63) is 47.9 Å². The molecule has 0 saturated carbocycles. The normalized spacial score (nSPS) is 10.4. The lowest BCUT2D eigenvalue weighted by Gasteiger charge is -2.03. The quantitative estimate of drug-likeness (QED) is 0.850. The molecular formula is C13H15N3. The highest BCUT2D eigenvalue weighted by Gasteiger charge is 2.00. The van der Waals surface area contributed by atoms with Gasteiger partial charge in [-0.2, -0.15) is 0 Å². The van der Waals surface area contributed by atoms with Gasteiger partial charge in [0.25, 0.3) is 0 Å². The minimum Gasteiger partial charge on any atom is -0.325 e. The van der Waals surface area contributed by atoms with Gasteiger partial charge in [0.1, 0.15) is 6.33 Å². The lowest BCUT2D eigenvalue weighted by Crippen LogP contribution is -2.00. The molecule has 0 saturated heterocycles. The summed E-state index contributed by atoms with van der Waals surface area (Å²) in [5, 5.41) is 0. The largest absolute Gasteiger partial charge is 0.325 e. The van der Waals surface area contributed by atoms with Gasteiger partial charge < -0.3 is 5.73 Å². The summed E-state index contributed by atoms with van der Waals surface area (Å²) in [7, 11) is 0. The predicted molar refractivity (Wildman–Crippen MR) is 64.7 cm³/mol. The Labute approximate surface area is 95.4 Å². The average Bonchev–Trinajstić information content (AvgIpc) is 2.39. The molecule has 1 aromatic heterocycles. The van der Waals surface area contributed by atoms with E-state index >= 15 is 0 Å². The van der Waals surface area contributed by atoms with Crippen molar-refractivity contribution in [2.75, 3.05) is 0 Å². The Morgan fingerprint density at radius 1 is 1.12 bits per heavy atom. The SMILES string of the molecule is CCc1ccc(-c2cc(CN)ncn2)cc1. The maximum absolute atomic E-state index is 5.55. The zero-order valence-electron chi connectivity index (χ0n) is 9.35. The van der Waals surface area contributed by atoms with Gasteiger partial charge >= 0.3 is 0 Å². The third kappa shape index (κ3) is 2.25. The Hall–Kier alpha value is -1.74. The molecule has 1 heterocycles. The van der Waals surface area contributed by atoms with Crippen LogP contribution in [-0.4, -0.2) is 9.97 Å². The summed E-state index contributed by atoms with van der Waals surface area (Å²) < 4.78 is 0. The fourth-order valence-electron chi connectivity index (χ4n) is 1.58. The molecule has 0 aliphatic carbocycles. The molecule has 82 valence electrons. The first-order valence-corrected chi connectivity index (χ1v) is 5.43. The van der Waals surface area contributed by atoms with Crippen LogP contribution < -0.4 is 5.73 Å². The van der Waals surface area contributed by atoms with Crippen LogP contribution in [0.3, 0.4) is 0 Å². The third-order valence-corrected chi connectivity index (χ3v) is 2.59. The fraction of sp³-hybridized carbons (Fsp3) is 0.231. The summed E-state index contributed by atoms with van der Waals surface area (Å²) in [5.74, 6) is 0. The van der Waals surface area contributed by atoms with Gasteiger partial charge in [0.2, 0.25) is 0 Å². The minimum absolute atomic E-state index is 0.447. The van der Waals surface area contributed by atoms with E-state index in [1.165, 1.54) is 5.56 Å². The highest BCUT2D eigenvalue weighted by molar-refractivity contribution is 5.59. The van der Waals surface area contributed by atoms with Gasteiger partial charge in [-0.25, -0.2) is 9.97 Å². The fourth-order valence-corrected chi connectivity index (χ4v) is 1.58. The minimum atomic E-state index is 0.447. The summed E-state index contributed by atoms with van der Waals surface area (Å²) >= 11 is 0. The predicted octanol–water partition coefficient (Wildman–Crippen LogP) is 2.16. The van der Waals surface area contributed by atoms with E-state index in [1.54, 1.807) is 6.33 Å².